The fraction of sp³-hybridized carbons (Fsp3) is 0.412. The van der Waals surface area contributed by atoms with Crippen LogP contribution in [0.4, 0.5) is 0 Å². The average molecular weight is 273 g/mol. The molecule has 0 saturated heterocycles. The van der Waals surface area contributed by atoms with Gasteiger partial charge in [-0.05, 0) is 49.2 Å². The number of hydrogen-bond donors (Lipinski definition) is 1. The minimum atomic E-state index is 0.596. The van der Waals surface area contributed by atoms with Gasteiger partial charge in [0.05, 0.1) is 0 Å². The van der Waals surface area contributed by atoms with Crippen LogP contribution in [0.2, 0.25) is 0 Å². The Morgan fingerprint density at radius 2 is 1.95 bits per heavy atom. The zero-order chi connectivity index (χ0) is 13.3. The standard InChI is InChI=1S/C17H23NS/c1-2-12-18-16(14-17-9-6-13-19-17)11-10-15-7-4-3-5-8-15/h3-9,13,16,18H,2,10-12,14H2,1H3. The highest BCUT2D eigenvalue weighted by Crippen LogP contribution is 2.14. The normalized spacial score (nSPS) is 12.5. The van der Waals surface area contributed by atoms with Gasteiger partial charge in [-0.2, -0.15) is 0 Å². The van der Waals surface area contributed by atoms with E-state index in [1.165, 1.54) is 23.3 Å². The highest BCUT2D eigenvalue weighted by atomic mass is 32.1. The van der Waals surface area contributed by atoms with Crippen LogP contribution in [0.1, 0.15) is 30.2 Å². The lowest BCUT2D eigenvalue weighted by Gasteiger charge is -2.18. The predicted octanol–water partition coefficient (Wildman–Crippen LogP) is 4.29. The predicted molar refractivity (Wildman–Crippen MR) is 84.9 cm³/mol. The fourth-order valence-corrected chi connectivity index (χ4v) is 3.07. The summed E-state index contributed by atoms with van der Waals surface area (Å²) < 4.78 is 0. The molecule has 1 unspecified atom stereocenters. The molecule has 1 aromatic heterocycles. The average Bonchev–Trinajstić information content (AvgIpc) is 2.96. The summed E-state index contributed by atoms with van der Waals surface area (Å²) in [6.07, 6.45) is 4.73. The Labute approximate surface area is 120 Å². The third kappa shape index (κ3) is 5.17. The van der Waals surface area contributed by atoms with E-state index in [4.69, 9.17) is 0 Å². The van der Waals surface area contributed by atoms with Gasteiger partial charge in [0.15, 0.2) is 0 Å². The highest BCUT2D eigenvalue weighted by Gasteiger charge is 2.09. The Morgan fingerprint density at radius 1 is 1.11 bits per heavy atom. The molecule has 2 aromatic rings. The van der Waals surface area contributed by atoms with Gasteiger partial charge < -0.3 is 5.32 Å². The van der Waals surface area contributed by atoms with Crippen molar-refractivity contribution in [1.82, 2.24) is 5.32 Å². The van der Waals surface area contributed by atoms with Crippen LogP contribution in [-0.4, -0.2) is 12.6 Å². The maximum absolute atomic E-state index is 3.68. The van der Waals surface area contributed by atoms with E-state index >= 15 is 0 Å². The minimum Gasteiger partial charge on any atom is -0.314 e. The first kappa shape index (κ1) is 14.3. The van der Waals surface area contributed by atoms with Crippen molar-refractivity contribution in [2.45, 2.75) is 38.6 Å². The number of benzene rings is 1. The van der Waals surface area contributed by atoms with Gasteiger partial charge in [0.1, 0.15) is 0 Å². The Hall–Kier alpha value is -1.12. The van der Waals surface area contributed by atoms with Crippen molar-refractivity contribution in [1.29, 1.82) is 0 Å². The molecule has 1 atom stereocenters. The largest absolute Gasteiger partial charge is 0.314 e. The van der Waals surface area contributed by atoms with Crippen LogP contribution in [-0.2, 0) is 12.8 Å². The maximum atomic E-state index is 3.68. The van der Waals surface area contributed by atoms with Gasteiger partial charge >= 0.3 is 0 Å². The minimum absolute atomic E-state index is 0.596. The van der Waals surface area contributed by atoms with Crippen molar-refractivity contribution in [2.75, 3.05) is 6.54 Å². The van der Waals surface area contributed by atoms with Gasteiger partial charge in [0.2, 0.25) is 0 Å². The number of nitrogens with one attached hydrogen (secondary N) is 1. The quantitative estimate of drug-likeness (QED) is 0.756. The second kappa shape index (κ2) is 8.13. The Balaban J connectivity index is 1.86. The Kier molecular flexibility index (Phi) is 6.12. The first-order chi connectivity index (χ1) is 9.38. The summed E-state index contributed by atoms with van der Waals surface area (Å²) in [5.41, 5.74) is 1.44. The van der Waals surface area contributed by atoms with Gasteiger partial charge in [-0.15, -0.1) is 11.3 Å². The van der Waals surface area contributed by atoms with Gasteiger partial charge in [-0.3, -0.25) is 0 Å². The van der Waals surface area contributed by atoms with E-state index in [0.717, 1.165) is 19.4 Å². The molecule has 0 bridgehead atoms. The molecule has 1 nitrogen and oxygen atoms in total. The van der Waals surface area contributed by atoms with Crippen molar-refractivity contribution in [2.24, 2.45) is 0 Å². The third-order valence-electron chi connectivity index (χ3n) is 3.33. The van der Waals surface area contributed by atoms with E-state index in [9.17, 15) is 0 Å². The molecule has 2 heteroatoms. The highest BCUT2D eigenvalue weighted by molar-refractivity contribution is 7.09. The van der Waals surface area contributed by atoms with Crippen LogP contribution >= 0.6 is 11.3 Å². The molecule has 0 amide bonds. The first-order valence-corrected chi connectivity index (χ1v) is 8.06. The smallest absolute Gasteiger partial charge is 0.0118 e. The molecule has 102 valence electrons. The Bertz CT molecular complexity index is 436. The monoisotopic (exact) mass is 273 g/mol. The summed E-state index contributed by atoms with van der Waals surface area (Å²) in [4.78, 5) is 1.49. The molecule has 1 aromatic carbocycles. The zero-order valence-electron chi connectivity index (χ0n) is 11.6. The summed E-state index contributed by atoms with van der Waals surface area (Å²) in [5.74, 6) is 0. The molecule has 0 aliphatic heterocycles. The topological polar surface area (TPSA) is 12.0 Å². The van der Waals surface area contributed by atoms with E-state index in [1.54, 1.807) is 0 Å². The van der Waals surface area contributed by atoms with Crippen LogP contribution < -0.4 is 5.32 Å². The molecule has 19 heavy (non-hydrogen) atoms. The molecule has 0 aliphatic carbocycles. The summed E-state index contributed by atoms with van der Waals surface area (Å²) >= 11 is 1.87. The number of rotatable bonds is 8. The third-order valence-corrected chi connectivity index (χ3v) is 4.23. The van der Waals surface area contributed by atoms with Crippen LogP contribution in [0, 0.1) is 0 Å². The van der Waals surface area contributed by atoms with E-state index in [-0.39, 0.29) is 0 Å². The zero-order valence-corrected chi connectivity index (χ0v) is 12.5. The molecule has 0 radical (unpaired) electrons. The number of hydrogen-bond acceptors (Lipinski definition) is 2. The summed E-state index contributed by atoms with van der Waals surface area (Å²) in [5, 5.41) is 5.85. The van der Waals surface area contributed by atoms with Crippen LogP contribution in [0.5, 0.6) is 0 Å². The number of aryl methyl sites for hydroxylation is 1. The lowest BCUT2D eigenvalue weighted by Crippen LogP contribution is -2.32. The van der Waals surface area contributed by atoms with E-state index in [0.29, 0.717) is 6.04 Å². The lowest BCUT2D eigenvalue weighted by atomic mass is 10.0. The molecule has 0 fully saturated rings. The van der Waals surface area contributed by atoms with Crippen molar-refractivity contribution >= 4 is 11.3 Å². The molecule has 2 rings (SSSR count). The van der Waals surface area contributed by atoms with Crippen molar-refractivity contribution < 1.29 is 0 Å². The van der Waals surface area contributed by atoms with Crippen LogP contribution in [0.15, 0.2) is 47.8 Å². The lowest BCUT2D eigenvalue weighted by molar-refractivity contribution is 0.480. The van der Waals surface area contributed by atoms with Gasteiger partial charge in [-0.1, -0.05) is 43.3 Å². The second-order valence-electron chi connectivity index (χ2n) is 4.96. The van der Waals surface area contributed by atoms with E-state index in [2.05, 4.69) is 60.1 Å². The fourth-order valence-electron chi connectivity index (χ4n) is 2.28. The molecular weight excluding hydrogens is 250 g/mol. The molecular formula is C17H23NS. The van der Waals surface area contributed by atoms with Gasteiger partial charge in [0.25, 0.3) is 0 Å². The first-order valence-electron chi connectivity index (χ1n) is 7.18. The van der Waals surface area contributed by atoms with Crippen molar-refractivity contribution in [3.63, 3.8) is 0 Å². The molecule has 0 saturated carbocycles. The van der Waals surface area contributed by atoms with Crippen LogP contribution in [0.25, 0.3) is 0 Å². The molecule has 1 heterocycles. The maximum Gasteiger partial charge on any atom is 0.0118 e. The van der Waals surface area contributed by atoms with Crippen molar-refractivity contribution in [3.05, 3.63) is 58.3 Å². The molecule has 0 spiro atoms. The van der Waals surface area contributed by atoms with Gasteiger partial charge in [-0.25, -0.2) is 0 Å². The molecule has 1 N–H and O–H groups in total. The number of thiophene rings is 1. The molecule has 0 aliphatic rings. The van der Waals surface area contributed by atoms with Gasteiger partial charge in [0, 0.05) is 10.9 Å². The van der Waals surface area contributed by atoms with E-state index < -0.39 is 0 Å². The van der Waals surface area contributed by atoms with Crippen LogP contribution in [0.3, 0.4) is 0 Å². The SMILES string of the molecule is CCCNC(CCc1ccccc1)Cc1cccs1. The second-order valence-corrected chi connectivity index (χ2v) is 5.99. The van der Waals surface area contributed by atoms with E-state index in [1.807, 2.05) is 11.3 Å². The summed E-state index contributed by atoms with van der Waals surface area (Å²) in [6.45, 7) is 3.34. The Morgan fingerprint density at radius 3 is 2.63 bits per heavy atom. The van der Waals surface area contributed by atoms with Crippen molar-refractivity contribution in [3.8, 4) is 0 Å². The summed E-state index contributed by atoms with van der Waals surface area (Å²) in [6, 6.07) is 15.8. The summed E-state index contributed by atoms with van der Waals surface area (Å²) in [7, 11) is 0.